The molecule has 2 aliphatic rings. The molecule has 33 heavy (non-hydrogen) atoms. The van der Waals surface area contributed by atoms with E-state index in [0.717, 1.165) is 54.2 Å². The Bertz CT molecular complexity index is 1300. The summed E-state index contributed by atoms with van der Waals surface area (Å²) >= 11 is 1.62. The van der Waals surface area contributed by atoms with Crippen LogP contribution < -0.4 is 14.2 Å². The minimum atomic E-state index is -0.0561. The highest BCUT2D eigenvalue weighted by Crippen LogP contribution is 2.33. The molecular formula is C25H25IN6S. The van der Waals surface area contributed by atoms with E-state index in [1.54, 1.807) is 11.3 Å². The average molecular weight is 568 g/mol. The van der Waals surface area contributed by atoms with E-state index in [4.69, 9.17) is 9.97 Å². The molecule has 2 aromatic heterocycles. The van der Waals surface area contributed by atoms with Crippen LogP contribution >= 0.6 is 32.3 Å². The van der Waals surface area contributed by atoms with Crippen LogP contribution in [-0.4, -0.2) is 38.0 Å². The summed E-state index contributed by atoms with van der Waals surface area (Å²) in [5, 5.41) is 9.25. The number of aromatic nitrogens is 2. The predicted molar refractivity (Wildman–Crippen MR) is 148 cm³/mol. The highest BCUT2D eigenvalue weighted by Gasteiger charge is 2.21. The van der Waals surface area contributed by atoms with Crippen molar-refractivity contribution in [2.24, 2.45) is 0 Å². The lowest BCUT2D eigenvalue weighted by molar-refractivity contribution is 0.211. The third-order valence-corrected chi connectivity index (χ3v) is 8.90. The predicted octanol–water partition coefficient (Wildman–Crippen LogP) is 5.97. The molecular weight excluding hydrogens is 543 g/mol. The van der Waals surface area contributed by atoms with E-state index < -0.39 is 0 Å². The van der Waals surface area contributed by atoms with E-state index in [0.29, 0.717) is 12.0 Å². The molecule has 1 saturated heterocycles. The van der Waals surface area contributed by atoms with Crippen LogP contribution in [0.4, 0.5) is 23.1 Å². The molecule has 0 aliphatic carbocycles. The van der Waals surface area contributed by atoms with Crippen molar-refractivity contribution in [3.63, 3.8) is 0 Å². The van der Waals surface area contributed by atoms with Gasteiger partial charge in [-0.15, -0.1) is 11.3 Å². The first-order valence-electron chi connectivity index (χ1n) is 11.2. The lowest BCUT2D eigenvalue weighted by Gasteiger charge is -2.32. The Kier molecular flexibility index (Phi) is 5.96. The summed E-state index contributed by atoms with van der Waals surface area (Å²) in [6, 6.07) is 19.7. The van der Waals surface area contributed by atoms with Gasteiger partial charge in [-0.2, -0.15) is 4.98 Å². The molecule has 0 spiro atoms. The highest BCUT2D eigenvalue weighted by molar-refractivity contribution is 14.2. The van der Waals surface area contributed by atoms with E-state index in [1.807, 2.05) is 0 Å². The lowest BCUT2D eigenvalue weighted by Crippen LogP contribution is -2.39. The van der Waals surface area contributed by atoms with Gasteiger partial charge in [0.05, 0.1) is 15.9 Å². The van der Waals surface area contributed by atoms with Crippen LogP contribution in [0.1, 0.15) is 24.0 Å². The second-order valence-corrected chi connectivity index (χ2v) is 11.2. The number of nitrogens with zero attached hydrogens (tertiary/aromatic N) is 3. The fourth-order valence-electron chi connectivity index (χ4n) is 4.37. The van der Waals surface area contributed by atoms with Crippen molar-refractivity contribution < 1.29 is 0 Å². The van der Waals surface area contributed by atoms with Crippen molar-refractivity contribution in [2.75, 3.05) is 27.3 Å². The molecule has 6 rings (SSSR count). The van der Waals surface area contributed by atoms with Gasteiger partial charge in [-0.25, -0.2) is 4.98 Å². The maximum atomic E-state index is 4.89. The number of piperidine rings is 1. The molecule has 4 heterocycles. The lowest BCUT2D eigenvalue weighted by atomic mass is 10.0. The third kappa shape index (κ3) is 4.73. The minimum absolute atomic E-state index is 0.0561. The smallest absolute Gasteiger partial charge is 0.225 e. The molecule has 4 aromatic rings. The largest absolute Gasteiger partial charge is 0.351 e. The van der Waals surface area contributed by atoms with Crippen molar-refractivity contribution in [1.82, 2.24) is 14.9 Å². The summed E-state index contributed by atoms with van der Waals surface area (Å²) in [5.41, 5.74) is 5.95. The third-order valence-electron chi connectivity index (χ3n) is 6.12. The summed E-state index contributed by atoms with van der Waals surface area (Å²) in [7, 11) is 0. The molecule has 1 fully saturated rings. The van der Waals surface area contributed by atoms with Crippen LogP contribution in [-0.2, 0) is 6.54 Å². The van der Waals surface area contributed by atoms with E-state index in [-0.39, 0.29) is 21.0 Å². The Morgan fingerprint density at radius 1 is 1.06 bits per heavy atom. The van der Waals surface area contributed by atoms with Gasteiger partial charge in [0, 0.05) is 36.9 Å². The minimum Gasteiger partial charge on any atom is -0.351 e. The molecule has 0 radical (unpaired) electrons. The van der Waals surface area contributed by atoms with Gasteiger partial charge in [0.15, 0.2) is 5.82 Å². The zero-order valence-corrected chi connectivity index (χ0v) is 21.1. The second-order valence-electron chi connectivity index (χ2n) is 8.45. The normalized spacial score (nSPS) is 16.2. The molecule has 6 nitrogen and oxygen atoms in total. The monoisotopic (exact) mass is 568 g/mol. The molecule has 0 amide bonds. The molecule has 8 heteroatoms. The molecule has 0 bridgehead atoms. The fraction of sp³-hybridized carbons (Fsp3) is 0.240. The maximum Gasteiger partial charge on any atom is 0.225 e. The summed E-state index contributed by atoms with van der Waals surface area (Å²) in [6.45, 7) is 3.19. The maximum absolute atomic E-state index is 4.89. The van der Waals surface area contributed by atoms with Gasteiger partial charge in [0.25, 0.3) is 0 Å². The standard InChI is InChI=1S/C25H25IN6S/c1-2-4-17(5-3-1)16-32-11-8-19(9-12-32)28-25-29-22-10-13-33-23(22)24(30-25)27-20-6-7-21-18(14-20)15-26-31-21/h1-7,10,13-15,19,31H,8-9,11-12,16H2,(H2,27,28,29,30). The first kappa shape index (κ1) is 21.0. The van der Waals surface area contributed by atoms with E-state index in [1.165, 1.54) is 16.8 Å². The Labute approximate surface area is 207 Å². The average Bonchev–Trinajstić information content (AvgIpc) is 3.50. The zero-order valence-electron chi connectivity index (χ0n) is 18.1. The van der Waals surface area contributed by atoms with Gasteiger partial charge in [-0.3, -0.25) is 4.90 Å². The number of halogens is 1. The fourth-order valence-corrected chi connectivity index (χ4v) is 6.98. The second kappa shape index (κ2) is 9.36. The summed E-state index contributed by atoms with van der Waals surface area (Å²) in [4.78, 5) is 12.2. The van der Waals surface area contributed by atoms with E-state index in [9.17, 15) is 0 Å². The first-order valence-corrected chi connectivity index (χ1v) is 14.4. The number of rotatable bonds is 6. The Balaban J connectivity index is 1.15. The van der Waals surface area contributed by atoms with Crippen molar-refractivity contribution in [3.05, 3.63) is 71.1 Å². The number of benzene rings is 2. The van der Waals surface area contributed by atoms with Gasteiger partial charge in [-0.05, 0) is 73.1 Å². The van der Waals surface area contributed by atoms with Crippen LogP contribution in [0.2, 0.25) is 0 Å². The molecule has 0 unspecified atom stereocenters. The van der Waals surface area contributed by atoms with Crippen LogP contribution in [0.5, 0.6) is 0 Å². The Hall–Kier alpha value is -2.56. The summed E-state index contributed by atoms with van der Waals surface area (Å²) < 4.78 is 6.89. The first-order chi connectivity index (χ1) is 16.3. The van der Waals surface area contributed by atoms with Crippen LogP contribution in [0.15, 0.2) is 60.0 Å². The molecule has 3 N–H and O–H groups in total. The van der Waals surface area contributed by atoms with Gasteiger partial charge in [0.1, 0.15) is 0 Å². The van der Waals surface area contributed by atoms with Crippen LogP contribution in [0.3, 0.4) is 0 Å². The van der Waals surface area contributed by atoms with Crippen molar-refractivity contribution >= 4 is 69.7 Å². The summed E-state index contributed by atoms with van der Waals surface area (Å²) in [6.07, 6.45) is 2.19. The number of hydrogen-bond acceptors (Lipinski definition) is 7. The number of likely N-dealkylation sites (tertiary alicyclic amines) is 1. The van der Waals surface area contributed by atoms with Gasteiger partial charge in [-0.1, -0.05) is 30.3 Å². The van der Waals surface area contributed by atoms with Crippen molar-refractivity contribution in [2.45, 2.75) is 25.4 Å². The van der Waals surface area contributed by atoms with Gasteiger partial charge >= 0.3 is 0 Å². The highest BCUT2D eigenvalue weighted by atomic mass is 127. The van der Waals surface area contributed by atoms with E-state index >= 15 is 0 Å². The number of thiophene rings is 1. The Morgan fingerprint density at radius 2 is 1.94 bits per heavy atom. The van der Waals surface area contributed by atoms with E-state index in [2.05, 4.69) is 83.1 Å². The number of hydrogen-bond donors (Lipinski definition) is 3. The SMILES string of the molecule is C1=INc2ccc(Nc3nc(NC4CCN(Cc5ccccc5)CC4)nc4ccsc34)cc21. The van der Waals surface area contributed by atoms with Crippen LogP contribution in [0, 0.1) is 0 Å². The van der Waals surface area contributed by atoms with Crippen molar-refractivity contribution in [1.29, 1.82) is 0 Å². The number of anilines is 4. The zero-order chi connectivity index (χ0) is 22.0. The molecule has 168 valence electrons. The molecule has 0 saturated carbocycles. The van der Waals surface area contributed by atoms with Crippen LogP contribution in [0.25, 0.3) is 10.2 Å². The molecule has 2 aromatic carbocycles. The van der Waals surface area contributed by atoms with Gasteiger partial charge in [0.2, 0.25) is 5.95 Å². The number of nitrogens with one attached hydrogen (secondary N) is 3. The summed E-state index contributed by atoms with van der Waals surface area (Å²) in [5.74, 6) is 1.59. The molecule has 2 aliphatic heterocycles. The number of fused-ring (bicyclic) bond motifs is 2. The van der Waals surface area contributed by atoms with Gasteiger partial charge < -0.3 is 14.2 Å². The van der Waals surface area contributed by atoms with Crippen molar-refractivity contribution in [3.8, 4) is 0 Å². The quantitative estimate of drug-likeness (QED) is 0.197. The topological polar surface area (TPSA) is 65.1 Å². The molecule has 0 atom stereocenters. The Morgan fingerprint density at radius 3 is 2.82 bits per heavy atom.